The van der Waals surface area contributed by atoms with E-state index < -0.39 is 98.4 Å². The number of nitrogens with one attached hydrogen (secondary N) is 3. The molecule has 0 aromatic rings. The highest BCUT2D eigenvalue weighted by atomic mass is 16.4. The lowest BCUT2D eigenvalue weighted by Crippen LogP contribution is -2.53. The number of carbonyl (C=O) groups excluding carboxylic acids is 3. The predicted octanol–water partition coefficient (Wildman–Crippen LogP) is -3.31. The fourth-order valence-corrected chi connectivity index (χ4v) is 2.16. The molecule has 3 unspecified atom stereocenters. The van der Waals surface area contributed by atoms with Crippen LogP contribution in [-0.4, -0.2) is 86.7 Å². The number of carbonyl (C=O) groups is 7. The normalized spacial score (nSPS) is 13.2. The Kier molecular flexibility index (Phi) is 11.8. The van der Waals surface area contributed by atoms with Crippen LogP contribution in [0.3, 0.4) is 0 Å². The lowest BCUT2D eigenvalue weighted by Gasteiger charge is -2.20. The van der Waals surface area contributed by atoms with Crippen molar-refractivity contribution in [3.8, 4) is 0 Å². The molecule has 0 saturated carbocycles. The highest BCUT2D eigenvalue weighted by Gasteiger charge is 2.26. The Labute approximate surface area is 175 Å². The molecule has 15 heteroatoms. The van der Waals surface area contributed by atoms with Crippen molar-refractivity contribution in [2.45, 2.75) is 50.2 Å². The second kappa shape index (κ2) is 13.5. The van der Waals surface area contributed by atoms with Crippen molar-refractivity contribution in [2.75, 3.05) is 6.54 Å². The third-order valence-corrected chi connectivity index (χ3v) is 3.71. The van der Waals surface area contributed by atoms with Crippen LogP contribution in [0.2, 0.25) is 0 Å². The molecule has 3 atom stereocenters. The maximum atomic E-state index is 12.2. The molecule has 0 spiro atoms. The van der Waals surface area contributed by atoms with Gasteiger partial charge in [-0.25, -0.2) is 4.79 Å². The summed E-state index contributed by atoms with van der Waals surface area (Å²) in [6.45, 7) is -0.754. The van der Waals surface area contributed by atoms with E-state index >= 15 is 0 Å². The first kappa shape index (κ1) is 27.2. The van der Waals surface area contributed by atoms with Crippen molar-refractivity contribution < 1.29 is 54.0 Å². The Morgan fingerprint density at radius 1 is 0.710 bits per heavy atom. The van der Waals surface area contributed by atoms with E-state index in [2.05, 4.69) is 10.6 Å². The first-order chi connectivity index (χ1) is 14.3. The largest absolute Gasteiger partial charge is 0.481 e. The quantitative estimate of drug-likeness (QED) is 0.122. The van der Waals surface area contributed by atoms with Gasteiger partial charge < -0.3 is 42.1 Å². The molecule has 0 aliphatic heterocycles. The van der Waals surface area contributed by atoms with Crippen molar-refractivity contribution in [2.24, 2.45) is 5.73 Å². The summed E-state index contributed by atoms with van der Waals surface area (Å²) in [7, 11) is 0. The van der Waals surface area contributed by atoms with Crippen LogP contribution in [0.15, 0.2) is 0 Å². The molecule has 15 nitrogen and oxygen atoms in total. The van der Waals surface area contributed by atoms with Crippen LogP contribution in [-0.2, 0) is 33.6 Å². The number of carboxylic acids is 4. The summed E-state index contributed by atoms with van der Waals surface area (Å²) in [4.78, 5) is 78.9. The van der Waals surface area contributed by atoms with Crippen molar-refractivity contribution in [3.63, 3.8) is 0 Å². The van der Waals surface area contributed by atoms with Crippen LogP contribution in [0, 0.1) is 0 Å². The number of hydrogen-bond acceptors (Lipinski definition) is 8. The highest BCUT2D eigenvalue weighted by molar-refractivity contribution is 5.93. The average molecular weight is 448 g/mol. The Morgan fingerprint density at radius 2 is 1.23 bits per heavy atom. The monoisotopic (exact) mass is 448 g/mol. The number of carboxylic acid groups (broad SMARTS) is 4. The number of aliphatic carboxylic acids is 4. The molecular weight excluding hydrogens is 424 g/mol. The SMILES string of the molecule is NC(CC(=O)O)C(=O)NC(CCC(=O)O)C(=O)NCC(=O)NC(CCC(=O)O)C(=O)O. The summed E-state index contributed by atoms with van der Waals surface area (Å²) in [6.07, 6.45) is -2.61. The van der Waals surface area contributed by atoms with E-state index in [1.165, 1.54) is 0 Å². The molecule has 0 aromatic heterocycles. The second-order valence-corrected chi connectivity index (χ2v) is 6.31. The van der Waals surface area contributed by atoms with Crippen molar-refractivity contribution in [1.29, 1.82) is 0 Å². The zero-order valence-corrected chi connectivity index (χ0v) is 16.2. The summed E-state index contributed by atoms with van der Waals surface area (Å²) in [6, 6.07) is -4.48. The lowest BCUT2D eigenvalue weighted by molar-refractivity contribution is -0.143. The molecule has 0 bridgehead atoms. The summed E-state index contributed by atoms with van der Waals surface area (Å²) in [5.74, 6) is -8.42. The number of nitrogens with two attached hydrogens (primary N) is 1. The van der Waals surface area contributed by atoms with Gasteiger partial charge in [-0.1, -0.05) is 0 Å². The smallest absolute Gasteiger partial charge is 0.326 e. The fourth-order valence-electron chi connectivity index (χ4n) is 2.16. The predicted molar refractivity (Wildman–Crippen MR) is 98.5 cm³/mol. The number of amides is 3. The van der Waals surface area contributed by atoms with Crippen molar-refractivity contribution in [1.82, 2.24) is 16.0 Å². The third-order valence-electron chi connectivity index (χ3n) is 3.71. The minimum Gasteiger partial charge on any atom is -0.481 e. The van der Waals surface area contributed by atoms with E-state index in [0.717, 1.165) is 0 Å². The summed E-state index contributed by atoms with van der Waals surface area (Å²) in [5, 5.41) is 41.2. The van der Waals surface area contributed by atoms with Gasteiger partial charge in [0.1, 0.15) is 12.1 Å². The van der Waals surface area contributed by atoms with Gasteiger partial charge in [-0.15, -0.1) is 0 Å². The molecule has 0 aliphatic carbocycles. The summed E-state index contributed by atoms with van der Waals surface area (Å²) in [5.41, 5.74) is 5.38. The van der Waals surface area contributed by atoms with E-state index in [0.29, 0.717) is 0 Å². The van der Waals surface area contributed by atoms with Gasteiger partial charge in [-0.2, -0.15) is 0 Å². The highest BCUT2D eigenvalue weighted by Crippen LogP contribution is 2.01. The first-order valence-electron chi connectivity index (χ1n) is 8.84. The van der Waals surface area contributed by atoms with E-state index in [9.17, 15) is 33.6 Å². The van der Waals surface area contributed by atoms with E-state index in [1.807, 2.05) is 5.32 Å². The molecule has 0 heterocycles. The molecule has 0 rings (SSSR count). The Bertz CT molecular complexity index is 724. The van der Waals surface area contributed by atoms with Gasteiger partial charge in [0.05, 0.1) is 19.0 Å². The first-order valence-corrected chi connectivity index (χ1v) is 8.84. The summed E-state index contributed by atoms with van der Waals surface area (Å²) >= 11 is 0. The zero-order chi connectivity index (χ0) is 24.1. The van der Waals surface area contributed by atoms with Gasteiger partial charge in [-0.05, 0) is 12.8 Å². The third kappa shape index (κ3) is 12.4. The average Bonchev–Trinajstić information content (AvgIpc) is 2.64. The minimum absolute atomic E-state index is 0.398. The van der Waals surface area contributed by atoms with E-state index in [4.69, 9.17) is 26.2 Å². The van der Waals surface area contributed by atoms with Gasteiger partial charge >= 0.3 is 23.9 Å². The second-order valence-electron chi connectivity index (χ2n) is 6.31. The summed E-state index contributed by atoms with van der Waals surface area (Å²) < 4.78 is 0. The van der Waals surface area contributed by atoms with Gasteiger partial charge in [0.2, 0.25) is 17.7 Å². The van der Waals surface area contributed by atoms with E-state index in [-0.39, 0.29) is 0 Å². The molecule has 174 valence electrons. The number of hydrogen-bond donors (Lipinski definition) is 8. The van der Waals surface area contributed by atoms with Crippen LogP contribution >= 0.6 is 0 Å². The van der Waals surface area contributed by atoms with Gasteiger partial charge in [0, 0.05) is 12.8 Å². The van der Waals surface area contributed by atoms with E-state index in [1.54, 1.807) is 0 Å². The molecule has 0 saturated heterocycles. The van der Waals surface area contributed by atoms with Crippen LogP contribution in [0.5, 0.6) is 0 Å². The Hall–Kier alpha value is -3.75. The van der Waals surface area contributed by atoms with Crippen molar-refractivity contribution >= 4 is 41.6 Å². The maximum absolute atomic E-state index is 12.2. The molecular formula is C16H24N4O11. The standard InChI is InChI=1S/C16H24N4O11/c17-7(5-13(26)27)14(28)20-8(1-3-11(22)23)15(29)18-6-10(21)19-9(16(30)31)2-4-12(24)25/h7-9H,1-6,17H2,(H,18,29)(H,19,21)(H,20,28)(H,22,23)(H,24,25)(H,26,27)(H,30,31). The van der Waals surface area contributed by atoms with Gasteiger partial charge in [-0.3, -0.25) is 28.8 Å². The minimum atomic E-state index is -1.52. The lowest BCUT2D eigenvalue weighted by atomic mass is 10.1. The zero-order valence-electron chi connectivity index (χ0n) is 16.2. The Morgan fingerprint density at radius 3 is 1.68 bits per heavy atom. The van der Waals surface area contributed by atoms with Crippen LogP contribution in [0.4, 0.5) is 0 Å². The van der Waals surface area contributed by atoms with Gasteiger partial charge in [0.25, 0.3) is 0 Å². The van der Waals surface area contributed by atoms with Crippen LogP contribution in [0.1, 0.15) is 32.1 Å². The number of rotatable bonds is 15. The topological polar surface area (TPSA) is 263 Å². The molecule has 0 radical (unpaired) electrons. The molecule has 9 N–H and O–H groups in total. The van der Waals surface area contributed by atoms with Crippen LogP contribution in [0.25, 0.3) is 0 Å². The maximum Gasteiger partial charge on any atom is 0.326 e. The van der Waals surface area contributed by atoms with Crippen molar-refractivity contribution in [3.05, 3.63) is 0 Å². The molecule has 0 aromatic carbocycles. The fraction of sp³-hybridized carbons (Fsp3) is 0.562. The molecule has 0 aliphatic rings. The Balaban J connectivity index is 4.92. The van der Waals surface area contributed by atoms with Gasteiger partial charge in [0.15, 0.2) is 0 Å². The molecule has 3 amide bonds. The molecule has 0 fully saturated rings. The molecule has 31 heavy (non-hydrogen) atoms. The van der Waals surface area contributed by atoms with Crippen LogP contribution < -0.4 is 21.7 Å².